The van der Waals surface area contributed by atoms with Crippen LogP contribution in [0.2, 0.25) is 0 Å². The van der Waals surface area contributed by atoms with Crippen molar-refractivity contribution in [1.29, 1.82) is 0 Å². The molecule has 2 aromatic rings. The fraction of sp³-hybridized carbons (Fsp3) is 0.208. The molecule has 0 spiro atoms. The van der Waals surface area contributed by atoms with Gasteiger partial charge in [-0.2, -0.15) is 0 Å². The molecule has 0 unspecified atom stereocenters. The van der Waals surface area contributed by atoms with Crippen LogP contribution in [-0.4, -0.2) is 4.98 Å². The third kappa shape index (κ3) is 2.08. The number of hydrogen-bond acceptors (Lipinski definition) is 2. The standard InChI is InChI=1S/C24H21NO/c1-3-17-20(4-2)25-21-14-16-8-5-6-10-18(16)23(21)22(17)19-12-11-15-9-7-13-26-24(15)19/h5-13H,3-4,14H2,1-2H3. The van der Waals surface area contributed by atoms with Gasteiger partial charge >= 0.3 is 0 Å². The number of rotatable bonds is 3. The van der Waals surface area contributed by atoms with E-state index in [4.69, 9.17) is 9.40 Å². The number of hydrogen-bond donors (Lipinski definition) is 0. The molecule has 0 radical (unpaired) electrons. The van der Waals surface area contributed by atoms with Gasteiger partial charge in [-0.3, -0.25) is 4.98 Å². The Bertz CT molecular complexity index is 1090. The van der Waals surface area contributed by atoms with E-state index < -0.39 is 0 Å². The molecule has 2 aliphatic carbocycles. The van der Waals surface area contributed by atoms with Crippen molar-refractivity contribution in [3.63, 3.8) is 0 Å². The Hall–Kier alpha value is -2.87. The summed E-state index contributed by atoms with van der Waals surface area (Å²) in [5.74, 6) is 0.974. The van der Waals surface area contributed by atoms with Crippen molar-refractivity contribution in [2.75, 3.05) is 0 Å². The smallest absolute Gasteiger partial charge is 0.141 e. The molecule has 1 aliphatic heterocycles. The summed E-state index contributed by atoms with van der Waals surface area (Å²) in [5.41, 5.74) is 11.5. The van der Waals surface area contributed by atoms with E-state index in [2.05, 4.69) is 56.3 Å². The lowest BCUT2D eigenvalue weighted by atomic mass is 9.89. The molecular formula is C24H21NO. The largest absolute Gasteiger partial charge is 0.464 e. The SMILES string of the molecule is CCc1nc2c(c(-c3ccc4cccoc3-4)c1CC)-c1ccccc1C2. The Morgan fingerprint density at radius 3 is 2.62 bits per heavy atom. The van der Waals surface area contributed by atoms with Gasteiger partial charge < -0.3 is 4.42 Å². The highest BCUT2D eigenvalue weighted by molar-refractivity contribution is 5.96. The predicted octanol–water partition coefficient (Wildman–Crippen LogP) is 6.14. The van der Waals surface area contributed by atoms with E-state index in [1.165, 1.54) is 44.8 Å². The lowest BCUT2D eigenvalue weighted by Gasteiger charge is -2.18. The Morgan fingerprint density at radius 1 is 0.885 bits per heavy atom. The summed E-state index contributed by atoms with van der Waals surface area (Å²) in [5, 5.41) is 0. The minimum absolute atomic E-state index is 0.922. The van der Waals surface area contributed by atoms with E-state index in [9.17, 15) is 0 Å². The first kappa shape index (κ1) is 15.4. The Balaban J connectivity index is 1.89. The van der Waals surface area contributed by atoms with Gasteiger partial charge in [-0.15, -0.1) is 0 Å². The fourth-order valence-electron chi connectivity index (χ4n) is 4.40. The zero-order valence-corrected chi connectivity index (χ0v) is 15.2. The average molecular weight is 339 g/mol. The molecule has 1 aromatic heterocycles. The van der Waals surface area contributed by atoms with Crippen molar-refractivity contribution in [3.8, 4) is 33.6 Å². The van der Waals surface area contributed by atoms with Gasteiger partial charge in [-0.1, -0.05) is 44.2 Å². The highest BCUT2D eigenvalue weighted by atomic mass is 16.3. The molecule has 2 heteroatoms. The van der Waals surface area contributed by atoms with Gasteiger partial charge in [0, 0.05) is 34.4 Å². The highest BCUT2D eigenvalue weighted by Gasteiger charge is 2.29. The van der Waals surface area contributed by atoms with E-state index in [1.54, 1.807) is 6.26 Å². The lowest BCUT2D eigenvalue weighted by molar-refractivity contribution is 0.568. The first-order valence-corrected chi connectivity index (χ1v) is 9.41. The Morgan fingerprint density at radius 2 is 1.77 bits per heavy atom. The van der Waals surface area contributed by atoms with Crippen molar-refractivity contribution >= 4 is 0 Å². The molecule has 5 rings (SSSR count). The molecule has 0 saturated heterocycles. The summed E-state index contributed by atoms with van der Waals surface area (Å²) >= 11 is 0. The predicted molar refractivity (Wildman–Crippen MR) is 106 cm³/mol. The van der Waals surface area contributed by atoms with Gasteiger partial charge in [0.1, 0.15) is 5.76 Å². The van der Waals surface area contributed by atoms with E-state index in [0.29, 0.717) is 0 Å². The molecule has 0 bridgehead atoms. The number of pyridine rings is 1. The molecular weight excluding hydrogens is 318 g/mol. The molecule has 0 amide bonds. The first-order valence-electron chi connectivity index (χ1n) is 9.41. The molecule has 0 saturated carbocycles. The minimum Gasteiger partial charge on any atom is -0.464 e. The molecule has 3 aliphatic rings. The van der Waals surface area contributed by atoms with Crippen LogP contribution >= 0.6 is 0 Å². The van der Waals surface area contributed by atoms with Crippen LogP contribution in [0.15, 0.2) is 59.2 Å². The summed E-state index contributed by atoms with van der Waals surface area (Å²) in [6, 6.07) is 17.2. The van der Waals surface area contributed by atoms with Crippen LogP contribution in [0.3, 0.4) is 0 Å². The molecule has 128 valence electrons. The van der Waals surface area contributed by atoms with Crippen molar-refractivity contribution in [1.82, 2.24) is 4.98 Å². The topological polar surface area (TPSA) is 26.0 Å². The molecule has 0 N–H and O–H groups in total. The summed E-state index contributed by atoms with van der Waals surface area (Å²) in [7, 11) is 0. The summed E-state index contributed by atoms with van der Waals surface area (Å²) in [6.45, 7) is 4.43. The Labute approximate surface area is 153 Å². The van der Waals surface area contributed by atoms with E-state index in [-0.39, 0.29) is 0 Å². The Kier molecular flexibility index (Phi) is 3.46. The first-order chi connectivity index (χ1) is 12.8. The van der Waals surface area contributed by atoms with Crippen LogP contribution in [0.1, 0.15) is 36.4 Å². The zero-order chi connectivity index (χ0) is 17.7. The van der Waals surface area contributed by atoms with Crippen LogP contribution in [0.5, 0.6) is 0 Å². The monoisotopic (exact) mass is 339 g/mol. The molecule has 0 fully saturated rings. The molecule has 1 aromatic carbocycles. The normalized spacial score (nSPS) is 12.4. The van der Waals surface area contributed by atoms with E-state index in [1.807, 2.05) is 6.07 Å². The maximum atomic E-state index is 5.94. The van der Waals surface area contributed by atoms with Crippen LogP contribution < -0.4 is 0 Å². The molecule has 2 nitrogen and oxygen atoms in total. The molecule has 0 atom stereocenters. The summed E-state index contributed by atoms with van der Waals surface area (Å²) in [4.78, 5) is 5.08. The van der Waals surface area contributed by atoms with Crippen molar-refractivity contribution in [3.05, 3.63) is 77.3 Å². The second-order valence-electron chi connectivity index (χ2n) is 6.92. The summed E-state index contributed by atoms with van der Waals surface area (Å²) in [6.07, 6.45) is 4.62. The zero-order valence-electron chi connectivity index (χ0n) is 15.2. The fourth-order valence-corrected chi connectivity index (χ4v) is 4.40. The quantitative estimate of drug-likeness (QED) is 0.394. The molecule has 2 heterocycles. The van der Waals surface area contributed by atoms with Gasteiger partial charge in [0.05, 0.1) is 12.0 Å². The van der Waals surface area contributed by atoms with Crippen molar-refractivity contribution in [2.45, 2.75) is 33.1 Å². The maximum Gasteiger partial charge on any atom is 0.141 e. The minimum atomic E-state index is 0.922. The van der Waals surface area contributed by atoms with Crippen molar-refractivity contribution < 1.29 is 4.42 Å². The highest BCUT2D eigenvalue weighted by Crippen LogP contribution is 2.48. The van der Waals surface area contributed by atoms with Gasteiger partial charge in [0.25, 0.3) is 0 Å². The van der Waals surface area contributed by atoms with Crippen molar-refractivity contribution in [2.24, 2.45) is 0 Å². The second kappa shape index (κ2) is 5.84. The average Bonchev–Trinajstić information content (AvgIpc) is 3.27. The van der Waals surface area contributed by atoms with Crippen LogP contribution in [0.4, 0.5) is 0 Å². The number of aryl methyl sites for hydroxylation is 1. The van der Waals surface area contributed by atoms with Crippen LogP contribution in [-0.2, 0) is 19.3 Å². The van der Waals surface area contributed by atoms with Gasteiger partial charge in [0.15, 0.2) is 0 Å². The number of fused-ring (bicyclic) bond motifs is 4. The number of benzene rings is 1. The van der Waals surface area contributed by atoms with Crippen LogP contribution in [0, 0.1) is 0 Å². The van der Waals surface area contributed by atoms with E-state index in [0.717, 1.165) is 30.6 Å². The third-order valence-electron chi connectivity index (χ3n) is 5.54. The van der Waals surface area contributed by atoms with Crippen LogP contribution in [0.25, 0.3) is 33.6 Å². The van der Waals surface area contributed by atoms with Gasteiger partial charge in [-0.25, -0.2) is 0 Å². The van der Waals surface area contributed by atoms with Gasteiger partial charge in [-0.05, 0) is 47.7 Å². The number of nitrogens with zero attached hydrogens (tertiary/aromatic N) is 1. The summed E-state index contributed by atoms with van der Waals surface area (Å²) < 4.78 is 5.94. The van der Waals surface area contributed by atoms with E-state index >= 15 is 0 Å². The maximum absolute atomic E-state index is 5.94. The molecule has 26 heavy (non-hydrogen) atoms. The second-order valence-corrected chi connectivity index (χ2v) is 6.92. The van der Waals surface area contributed by atoms with Gasteiger partial charge in [0.2, 0.25) is 0 Å². The lowest BCUT2D eigenvalue weighted by Crippen LogP contribution is -2.04. The number of aromatic nitrogens is 1. The third-order valence-corrected chi connectivity index (χ3v) is 5.54.